The van der Waals surface area contributed by atoms with Crippen molar-refractivity contribution in [2.45, 2.75) is 57.5 Å². The summed E-state index contributed by atoms with van der Waals surface area (Å²) in [6, 6.07) is 12.0. The summed E-state index contributed by atoms with van der Waals surface area (Å²) in [5.74, 6) is 0. The maximum atomic E-state index is 5.45. The lowest BCUT2D eigenvalue weighted by molar-refractivity contribution is 0.0743. The number of hydrogen-bond acceptors (Lipinski definition) is 2. The average molecular weight is 261 g/mol. The van der Waals surface area contributed by atoms with E-state index < -0.39 is 0 Å². The molecule has 1 saturated heterocycles. The monoisotopic (exact) mass is 261 g/mol. The van der Waals surface area contributed by atoms with Gasteiger partial charge in [0, 0.05) is 25.3 Å². The van der Waals surface area contributed by atoms with Gasteiger partial charge in [0.25, 0.3) is 0 Å². The SMILES string of the molecule is CCCCCC(NC1CCOCC1)c1ccccc1. The highest BCUT2D eigenvalue weighted by atomic mass is 16.5. The minimum Gasteiger partial charge on any atom is -0.381 e. The molecule has 1 heterocycles. The van der Waals surface area contributed by atoms with Crippen LogP contribution in [0.4, 0.5) is 0 Å². The van der Waals surface area contributed by atoms with Crippen molar-refractivity contribution in [1.82, 2.24) is 5.32 Å². The molecule has 1 aromatic carbocycles. The lowest BCUT2D eigenvalue weighted by Gasteiger charge is -2.29. The van der Waals surface area contributed by atoms with E-state index >= 15 is 0 Å². The van der Waals surface area contributed by atoms with E-state index in [0.717, 1.165) is 26.1 Å². The normalized spacial score (nSPS) is 18.4. The first kappa shape index (κ1) is 14.5. The summed E-state index contributed by atoms with van der Waals surface area (Å²) in [7, 11) is 0. The van der Waals surface area contributed by atoms with Crippen molar-refractivity contribution < 1.29 is 4.74 Å². The van der Waals surface area contributed by atoms with Gasteiger partial charge in [-0.3, -0.25) is 0 Å². The Morgan fingerprint density at radius 2 is 1.89 bits per heavy atom. The Morgan fingerprint density at radius 3 is 2.58 bits per heavy atom. The van der Waals surface area contributed by atoms with E-state index in [2.05, 4.69) is 42.6 Å². The first-order chi connectivity index (χ1) is 9.40. The zero-order valence-corrected chi connectivity index (χ0v) is 12.1. The largest absolute Gasteiger partial charge is 0.381 e. The highest BCUT2D eigenvalue weighted by Gasteiger charge is 2.18. The quantitative estimate of drug-likeness (QED) is 0.747. The predicted molar refractivity (Wildman–Crippen MR) is 80.3 cm³/mol. The summed E-state index contributed by atoms with van der Waals surface area (Å²) in [4.78, 5) is 0. The first-order valence-corrected chi connectivity index (χ1v) is 7.79. The summed E-state index contributed by atoms with van der Waals surface area (Å²) in [6.45, 7) is 4.09. The van der Waals surface area contributed by atoms with Crippen molar-refractivity contribution in [3.8, 4) is 0 Å². The smallest absolute Gasteiger partial charge is 0.0480 e. The fourth-order valence-electron chi connectivity index (χ4n) is 2.78. The van der Waals surface area contributed by atoms with Gasteiger partial charge in [0.2, 0.25) is 0 Å². The Labute approximate surface area is 117 Å². The molecule has 2 rings (SSSR count). The van der Waals surface area contributed by atoms with Crippen LogP contribution in [0.25, 0.3) is 0 Å². The molecular weight excluding hydrogens is 234 g/mol. The van der Waals surface area contributed by atoms with E-state index in [1.165, 1.54) is 31.2 Å². The maximum Gasteiger partial charge on any atom is 0.0480 e. The molecule has 0 aromatic heterocycles. The number of rotatable bonds is 7. The van der Waals surface area contributed by atoms with E-state index in [4.69, 9.17) is 4.74 Å². The maximum absolute atomic E-state index is 5.45. The third-order valence-corrected chi connectivity index (χ3v) is 3.96. The fraction of sp³-hybridized carbons (Fsp3) is 0.647. The molecule has 2 heteroatoms. The van der Waals surface area contributed by atoms with E-state index in [1.54, 1.807) is 0 Å². The number of ether oxygens (including phenoxy) is 1. The van der Waals surface area contributed by atoms with Crippen molar-refractivity contribution >= 4 is 0 Å². The molecule has 2 nitrogen and oxygen atoms in total. The van der Waals surface area contributed by atoms with Gasteiger partial charge in [-0.05, 0) is 24.8 Å². The van der Waals surface area contributed by atoms with Crippen LogP contribution < -0.4 is 5.32 Å². The van der Waals surface area contributed by atoms with Crippen LogP contribution in [0.1, 0.15) is 57.1 Å². The molecule has 0 amide bonds. The topological polar surface area (TPSA) is 21.3 Å². The Hall–Kier alpha value is -0.860. The molecule has 1 aromatic rings. The van der Waals surface area contributed by atoms with Crippen molar-refractivity contribution in [3.05, 3.63) is 35.9 Å². The lowest BCUT2D eigenvalue weighted by Crippen LogP contribution is -2.37. The molecule has 1 unspecified atom stereocenters. The second-order valence-corrected chi connectivity index (χ2v) is 5.51. The molecule has 19 heavy (non-hydrogen) atoms. The third kappa shape index (κ3) is 4.96. The summed E-state index contributed by atoms with van der Waals surface area (Å²) >= 11 is 0. The molecule has 1 atom stereocenters. The minimum atomic E-state index is 0.510. The number of unbranched alkanes of at least 4 members (excludes halogenated alkanes) is 2. The second kappa shape index (κ2) is 8.34. The van der Waals surface area contributed by atoms with Crippen molar-refractivity contribution in [1.29, 1.82) is 0 Å². The Kier molecular flexibility index (Phi) is 6.38. The molecular formula is C17H27NO. The van der Waals surface area contributed by atoms with E-state index in [1.807, 2.05) is 0 Å². The summed E-state index contributed by atoms with van der Waals surface area (Å²) in [5.41, 5.74) is 1.44. The zero-order chi connectivity index (χ0) is 13.3. The molecule has 1 fully saturated rings. The molecule has 1 aliphatic heterocycles. The Bertz CT molecular complexity index is 332. The first-order valence-electron chi connectivity index (χ1n) is 7.79. The lowest BCUT2D eigenvalue weighted by atomic mass is 9.98. The highest BCUT2D eigenvalue weighted by molar-refractivity contribution is 5.19. The standard InChI is InChI=1S/C17H27NO/c1-2-3-5-10-17(15-8-6-4-7-9-15)18-16-11-13-19-14-12-16/h4,6-9,16-18H,2-3,5,10-14H2,1H3. The van der Waals surface area contributed by atoms with Crippen LogP contribution in [0, 0.1) is 0 Å². The third-order valence-electron chi connectivity index (χ3n) is 3.96. The van der Waals surface area contributed by atoms with Gasteiger partial charge in [-0.15, -0.1) is 0 Å². The molecule has 0 radical (unpaired) electrons. The van der Waals surface area contributed by atoms with Crippen molar-refractivity contribution in [3.63, 3.8) is 0 Å². The number of benzene rings is 1. The molecule has 1 aliphatic rings. The highest BCUT2D eigenvalue weighted by Crippen LogP contribution is 2.22. The van der Waals surface area contributed by atoms with E-state index in [0.29, 0.717) is 12.1 Å². The molecule has 1 N–H and O–H groups in total. The van der Waals surface area contributed by atoms with Gasteiger partial charge in [-0.2, -0.15) is 0 Å². The van der Waals surface area contributed by atoms with Gasteiger partial charge in [0.05, 0.1) is 0 Å². The predicted octanol–water partition coefficient (Wildman–Crippen LogP) is 4.08. The summed E-state index contributed by atoms with van der Waals surface area (Å²) in [5, 5.41) is 3.85. The summed E-state index contributed by atoms with van der Waals surface area (Å²) in [6.07, 6.45) is 7.48. The number of nitrogens with one attached hydrogen (secondary N) is 1. The van der Waals surface area contributed by atoms with Gasteiger partial charge in [0.15, 0.2) is 0 Å². The van der Waals surface area contributed by atoms with Crippen LogP contribution >= 0.6 is 0 Å². The van der Waals surface area contributed by atoms with Crippen molar-refractivity contribution in [2.24, 2.45) is 0 Å². The van der Waals surface area contributed by atoms with Gasteiger partial charge in [-0.25, -0.2) is 0 Å². The van der Waals surface area contributed by atoms with E-state index in [9.17, 15) is 0 Å². The van der Waals surface area contributed by atoms with Crippen molar-refractivity contribution in [2.75, 3.05) is 13.2 Å². The van der Waals surface area contributed by atoms with Crippen LogP contribution in [0.3, 0.4) is 0 Å². The van der Waals surface area contributed by atoms with Crippen LogP contribution in [0.15, 0.2) is 30.3 Å². The van der Waals surface area contributed by atoms with Crippen LogP contribution in [-0.2, 0) is 4.74 Å². The van der Waals surface area contributed by atoms with Gasteiger partial charge in [0.1, 0.15) is 0 Å². The fourth-order valence-corrected chi connectivity index (χ4v) is 2.78. The minimum absolute atomic E-state index is 0.510. The van der Waals surface area contributed by atoms with Crippen LogP contribution in [0.2, 0.25) is 0 Å². The van der Waals surface area contributed by atoms with Gasteiger partial charge in [-0.1, -0.05) is 56.5 Å². The molecule has 0 saturated carbocycles. The molecule has 106 valence electrons. The van der Waals surface area contributed by atoms with Gasteiger partial charge >= 0.3 is 0 Å². The zero-order valence-electron chi connectivity index (χ0n) is 12.1. The van der Waals surface area contributed by atoms with Crippen LogP contribution in [-0.4, -0.2) is 19.3 Å². The van der Waals surface area contributed by atoms with Crippen LogP contribution in [0.5, 0.6) is 0 Å². The Balaban J connectivity index is 1.92. The molecule has 0 spiro atoms. The average Bonchev–Trinajstić information content (AvgIpc) is 2.48. The Morgan fingerprint density at radius 1 is 1.16 bits per heavy atom. The van der Waals surface area contributed by atoms with E-state index in [-0.39, 0.29) is 0 Å². The molecule has 0 aliphatic carbocycles. The second-order valence-electron chi connectivity index (χ2n) is 5.51. The molecule has 0 bridgehead atoms. The summed E-state index contributed by atoms with van der Waals surface area (Å²) < 4.78 is 5.45. The number of hydrogen-bond donors (Lipinski definition) is 1. The van der Waals surface area contributed by atoms with Gasteiger partial charge < -0.3 is 10.1 Å².